The molecule has 43 heavy (non-hydrogen) atoms. The third kappa shape index (κ3) is 5.27. The first-order valence-corrected chi connectivity index (χ1v) is 15.1. The summed E-state index contributed by atoms with van der Waals surface area (Å²) in [5, 5.41) is 19.3. The summed E-state index contributed by atoms with van der Waals surface area (Å²) in [5.74, 6) is -0.423. The van der Waals surface area contributed by atoms with Crippen molar-refractivity contribution in [3.8, 4) is 10.8 Å². The van der Waals surface area contributed by atoms with Crippen LogP contribution in [-0.2, 0) is 16.1 Å². The molecule has 228 valence electrons. The van der Waals surface area contributed by atoms with Crippen molar-refractivity contribution in [3.63, 3.8) is 0 Å². The van der Waals surface area contributed by atoms with Gasteiger partial charge < -0.3 is 19.5 Å². The zero-order valence-corrected chi connectivity index (χ0v) is 24.9. The van der Waals surface area contributed by atoms with E-state index in [2.05, 4.69) is 10.2 Å². The molecule has 1 aliphatic carbocycles. The van der Waals surface area contributed by atoms with Crippen molar-refractivity contribution in [3.05, 3.63) is 68.4 Å². The number of hydrogen-bond donors (Lipinski definition) is 1. The first kappa shape index (κ1) is 29.2. The maximum Gasteiger partial charge on any atom is 0.332 e. The Morgan fingerprint density at radius 2 is 1.84 bits per heavy atom. The van der Waals surface area contributed by atoms with Crippen LogP contribution >= 0.6 is 11.3 Å². The van der Waals surface area contributed by atoms with Gasteiger partial charge in [-0.1, -0.05) is 11.3 Å². The van der Waals surface area contributed by atoms with Crippen LogP contribution in [0.3, 0.4) is 0 Å². The third-order valence-corrected chi connectivity index (χ3v) is 9.70. The number of carbonyl (C=O) groups excluding carboxylic acids is 1. The van der Waals surface area contributed by atoms with Gasteiger partial charge in [0.05, 0.1) is 43.6 Å². The Labute approximate surface area is 249 Å². The molecular formula is C29H33FN6O6S. The number of ether oxygens (including phenoxy) is 2. The number of methoxy groups -OCH3 is 1. The van der Waals surface area contributed by atoms with Gasteiger partial charge >= 0.3 is 5.69 Å². The Kier molecular flexibility index (Phi) is 7.92. The van der Waals surface area contributed by atoms with E-state index in [0.717, 1.165) is 4.57 Å². The monoisotopic (exact) mass is 612 g/mol. The summed E-state index contributed by atoms with van der Waals surface area (Å²) in [6, 6.07) is 3.17. The number of rotatable bonds is 8. The van der Waals surface area contributed by atoms with Crippen molar-refractivity contribution in [2.24, 2.45) is 0 Å². The van der Waals surface area contributed by atoms with Gasteiger partial charge in [0.25, 0.3) is 5.56 Å². The van der Waals surface area contributed by atoms with Gasteiger partial charge in [0.2, 0.25) is 5.91 Å². The van der Waals surface area contributed by atoms with E-state index in [1.165, 1.54) is 63.3 Å². The highest BCUT2D eigenvalue weighted by atomic mass is 32.1. The number of carbonyl (C=O) groups is 1. The van der Waals surface area contributed by atoms with Crippen LogP contribution in [0.15, 0.2) is 40.2 Å². The van der Waals surface area contributed by atoms with Gasteiger partial charge in [-0.25, -0.2) is 13.8 Å². The van der Waals surface area contributed by atoms with E-state index >= 15 is 0 Å². The van der Waals surface area contributed by atoms with Crippen LogP contribution in [0.2, 0.25) is 0 Å². The highest BCUT2D eigenvalue weighted by Gasteiger charge is 2.36. The predicted octanol–water partition coefficient (Wildman–Crippen LogP) is 2.73. The number of hydrogen-bond acceptors (Lipinski definition) is 9. The normalized spacial score (nSPS) is 21.6. The molecule has 4 aromatic rings. The Morgan fingerprint density at radius 3 is 2.49 bits per heavy atom. The maximum absolute atomic E-state index is 14.6. The minimum atomic E-state index is -0.950. The van der Waals surface area contributed by atoms with E-state index < -0.39 is 35.3 Å². The smallest absolute Gasteiger partial charge is 0.332 e. The fraction of sp³-hybridized carbons (Fsp3) is 0.483. The van der Waals surface area contributed by atoms with E-state index in [-0.39, 0.29) is 23.9 Å². The van der Waals surface area contributed by atoms with E-state index in [0.29, 0.717) is 65.4 Å². The predicted molar refractivity (Wildman–Crippen MR) is 156 cm³/mol. The lowest BCUT2D eigenvalue weighted by molar-refractivity contribution is -0.129. The second kappa shape index (κ2) is 11.7. The van der Waals surface area contributed by atoms with Crippen molar-refractivity contribution in [1.29, 1.82) is 0 Å². The quantitative estimate of drug-likeness (QED) is 0.321. The first-order chi connectivity index (χ1) is 20.7. The van der Waals surface area contributed by atoms with E-state index in [1.807, 2.05) is 0 Å². The van der Waals surface area contributed by atoms with Gasteiger partial charge in [-0.05, 0) is 57.2 Å². The Hall–Kier alpha value is -3.88. The molecular weight excluding hydrogens is 579 g/mol. The topological polar surface area (TPSA) is 134 Å². The minimum absolute atomic E-state index is 0.0862. The number of likely N-dealkylation sites (tertiary alicyclic amines) is 1. The molecule has 0 radical (unpaired) electrons. The van der Waals surface area contributed by atoms with Crippen LogP contribution < -0.4 is 16.0 Å². The van der Waals surface area contributed by atoms with Crippen molar-refractivity contribution in [2.75, 3.05) is 20.7 Å². The van der Waals surface area contributed by atoms with Crippen molar-refractivity contribution < 1.29 is 23.8 Å². The Balaban J connectivity index is 1.55. The molecule has 1 saturated carbocycles. The van der Waals surface area contributed by atoms with Crippen LogP contribution in [0.5, 0.6) is 5.75 Å². The first-order valence-electron chi connectivity index (χ1n) is 14.2. The summed E-state index contributed by atoms with van der Waals surface area (Å²) in [5.41, 5.74) is -0.232. The van der Waals surface area contributed by atoms with Crippen molar-refractivity contribution in [1.82, 2.24) is 29.0 Å². The molecule has 12 nitrogen and oxygen atoms in total. The number of amides is 1. The van der Waals surface area contributed by atoms with Gasteiger partial charge in [-0.15, -0.1) is 4.80 Å². The number of halogens is 1. The number of aliphatic hydroxyl groups is 1. The van der Waals surface area contributed by atoms with E-state index in [1.54, 1.807) is 14.0 Å². The Morgan fingerprint density at radius 1 is 1.12 bits per heavy atom. The largest absolute Gasteiger partial charge is 0.496 e. The van der Waals surface area contributed by atoms with Gasteiger partial charge in [0.15, 0.2) is 0 Å². The average Bonchev–Trinajstić information content (AvgIpc) is 3.72. The summed E-state index contributed by atoms with van der Waals surface area (Å²) >= 11 is 1.18. The summed E-state index contributed by atoms with van der Waals surface area (Å²) in [4.78, 5) is 44.7. The van der Waals surface area contributed by atoms with Gasteiger partial charge in [-0.3, -0.25) is 14.2 Å². The molecule has 2 atom stereocenters. The highest BCUT2D eigenvalue weighted by molar-refractivity contribution is 7.21. The Bertz CT molecular complexity index is 1770. The van der Waals surface area contributed by atoms with E-state index in [9.17, 15) is 23.9 Å². The van der Waals surface area contributed by atoms with Crippen LogP contribution in [0.25, 0.3) is 15.2 Å². The maximum atomic E-state index is 14.6. The number of fused-ring (bicyclic) bond motifs is 1. The fourth-order valence-corrected chi connectivity index (χ4v) is 7.31. The molecule has 2 fully saturated rings. The molecule has 1 amide bonds. The number of benzene rings is 1. The fourth-order valence-electron chi connectivity index (χ4n) is 6.09. The van der Waals surface area contributed by atoms with Gasteiger partial charge in [-0.2, -0.15) is 10.2 Å². The SMILES string of the molecule is COc1ccc(F)cc1[C@H](Cn1c(=O)n([C@@H]2CCN(C)C2=O)c(=O)c2c(C)c(-n3nccn3)sc21)O[C@H]1CC[C@H](O)CC1. The number of nitrogens with zero attached hydrogens (tertiary/aromatic N) is 6. The molecule has 14 heteroatoms. The van der Waals surface area contributed by atoms with Gasteiger partial charge in [0.1, 0.15) is 33.5 Å². The number of aromatic nitrogens is 5. The molecule has 0 bridgehead atoms. The summed E-state index contributed by atoms with van der Waals surface area (Å²) in [6.45, 7) is 2.09. The molecule has 4 heterocycles. The number of aliphatic hydroxyl groups excluding tert-OH is 1. The van der Waals surface area contributed by atoms with Crippen LogP contribution in [0.4, 0.5) is 4.39 Å². The molecule has 1 aliphatic heterocycles. The van der Waals surface area contributed by atoms with Crippen molar-refractivity contribution >= 4 is 27.5 Å². The standard InChI is InChI=1S/C29H33FN6O6S/c1-16-24-26(39)35(21-10-13-33(2)25(21)38)29(40)34(28(24)43-27(16)36-31-11-12-32-36)15-23(42-19-7-5-18(37)6-8-19)20-14-17(30)4-9-22(20)41-3/h4,9,11-12,14,18-19,21,23,37H,5-8,10,13,15H2,1-3H3/t18-,19-,21-,23+/m1/s1. The highest BCUT2D eigenvalue weighted by Crippen LogP contribution is 2.36. The molecule has 2 aliphatic rings. The molecule has 6 rings (SSSR count). The third-order valence-electron chi connectivity index (χ3n) is 8.42. The lowest BCUT2D eigenvalue weighted by atomic mass is 9.94. The summed E-state index contributed by atoms with van der Waals surface area (Å²) in [7, 11) is 3.12. The zero-order valence-electron chi connectivity index (χ0n) is 24.1. The van der Waals surface area contributed by atoms with E-state index in [4.69, 9.17) is 9.47 Å². The second-order valence-corrected chi connectivity index (χ2v) is 12.1. The molecule has 0 unspecified atom stereocenters. The number of likely N-dealkylation sites (N-methyl/N-ethyl adjacent to an activating group) is 1. The minimum Gasteiger partial charge on any atom is -0.496 e. The van der Waals surface area contributed by atoms with Crippen molar-refractivity contribution in [2.45, 2.75) is 69.9 Å². The van der Waals surface area contributed by atoms with Crippen LogP contribution in [0, 0.1) is 12.7 Å². The molecule has 3 aromatic heterocycles. The van der Waals surface area contributed by atoms with Gasteiger partial charge in [0, 0.05) is 24.7 Å². The number of thiophene rings is 1. The summed E-state index contributed by atoms with van der Waals surface area (Å²) < 4.78 is 29.3. The molecule has 1 N–H and O–H groups in total. The zero-order chi connectivity index (χ0) is 30.4. The van der Waals surface area contributed by atoms with Crippen LogP contribution in [0.1, 0.15) is 55.4 Å². The lowest BCUT2D eigenvalue weighted by Crippen LogP contribution is -2.45. The molecule has 0 spiro atoms. The second-order valence-electron chi connectivity index (χ2n) is 11.1. The summed E-state index contributed by atoms with van der Waals surface area (Å²) in [6.07, 6.45) is 4.15. The van der Waals surface area contributed by atoms with Crippen LogP contribution in [-0.4, -0.2) is 73.0 Å². The molecule has 1 saturated heterocycles. The average molecular weight is 613 g/mol. The number of aryl methyl sites for hydroxylation is 1. The lowest BCUT2D eigenvalue weighted by Gasteiger charge is -2.31. The molecule has 1 aromatic carbocycles.